The molecular weight excluding hydrogens is 352 g/mol. The molecule has 140 valence electrons. The first-order valence-corrected chi connectivity index (χ1v) is 8.91. The number of carbonyl (C=O) groups excluding carboxylic acids is 1. The van der Waals surface area contributed by atoms with Crippen LogP contribution < -0.4 is 5.32 Å². The number of aromatic nitrogens is 1. The van der Waals surface area contributed by atoms with E-state index in [-0.39, 0.29) is 11.5 Å². The maximum atomic E-state index is 12.2. The van der Waals surface area contributed by atoms with Gasteiger partial charge < -0.3 is 10.4 Å². The van der Waals surface area contributed by atoms with Crippen molar-refractivity contribution in [3.8, 4) is 0 Å². The van der Waals surface area contributed by atoms with Crippen LogP contribution in [0, 0.1) is 0 Å². The monoisotopic (exact) mass is 372 g/mol. The Labute approximate surface area is 163 Å². The first-order valence-electron chi connectivity index (χ1n) is 8.91. The fourth-order valence-electron chi connectivity index (χ4n) is 2.79. The SMILES string of the molecule is O=C(C=Cc1ccncc1)Nc1cc(CCc2ccccc2)ccc1C(=O)O. The van der Waals surface area contributed by atoms with E-state index < -0.39 is 5.97 Å². The van der Waals surface area contributed by atoms with Gasteiger partial charge in [0, 0.05) is 18.5 Å². The minimum Gasteiger partial charge on any atom is -0.478 e. The largest absolute Gasteiger partial charge is 0.478 e. The molecule has 1 aromatic heterocycles. The van der Waals surface area contributed by atoms with Crippen molar-refractivity contribution >= 4 is 23.6 Å². The number of pyridine rings is 1. The molecule has 3 rings (SSSR count). The summed E-state index contributed by atoms with van der Waals surface area (Å²) in [6, 6.07) is 18.7. The molecule has 0 fully saturated rings. The molecule has 3 aromatic rings. The summed E-state index contributed by atoms with van der Waals surface area (Å²) in [5, 5.41) is 12.1. The predicted molar refractivity (Wildman–Crippen MR) is 109 cm³/mol. The van der Waals surface area contributed by atoms with Crippen LogP contribution in [0.25, 0.3) is 6.08 Å². The van der Waals surface area contributed by atoms with Crippen LogP contribution in [0.2, 0.25) is 0 Å². The second-order valence-electron chi connectivity index (χ2n) is 6.27. The van der Waals surface area contributed by atoms with Crippen LogP contribution in [-0.4, -0.2) is 22.0 Å². The summed E-state index contributed by atoms with van der Waals surface area (Å²) in [5.74, 6) is -1.47. The first kappa shape index (κ1) is 19.0. The molecule has 1 amide bonds. The summed E-state index contributed by atoms with van der Waals surface area (Å²) in [4.78, 5) is 27.7. The second kappa shape index (κ2) is 9.28. The van der Waals surface area contributed by atoms with Crippen LogP contribution >= 0.6 is 0 Å². The normalized spacial score (nSPS) is 10.7. The number of carboxylic acids is 1. The molecule has 0 radical (unpaired) electrons. The lowest BCUT2D eigenvalue weighted by Crippen LogP contribution is -2.12. The zero-order valence-electron chi connectivity index (χ0n) is 15.2. The molecular formula is C23H20N2O3. The van der Waals surface area contributed by atoms with Crippen molar-refractivity contribution in [2.45, 2.75) is 12.8 Å². The molecule has 0 spiro atoms. The van der Waals surface area contributed by atoms with Gasteiger partial charge in [0.2, 0.25) is 5.91 Å². The average molecular weight is 372 g/mol. The summed E-state index contributed by atoms with van der Waals surface area (Å²) in [5.41, 5.74) is 3.36. The predicted octanol–water partition coefficient (Wildman–Crippen LogP) is 4.22. The van der Waals surface area contributed by atoms with Gasteiger partial charge in [-0.05, 0) is 59.9 Å². The van der Waals surface area contributed by atoms with E-state index in [0.717, 1.165) is 24.0 Å². The average Bonchev–Trinajstić information content (AvgIpc) is 2.72. The molecule has 0 unspecified atom stereocenters. The third-order valence-electron chi connectivity index (χ3n) is 4.25. The van der Waals surface area contributed by atoms with Crippen molar-refractivity contribution in [3.05, 3.63) is 101 Å². The Bertz CT molecular complexity index is 983. The Kier molecular flexibility index (Phi) is 6.31. The maximum Gasteiger partial charge on any atom is 0.337 e. The molecule has 28 heavy (non-hydrogen) atoms. The molecule has 0 aliphatic carbocycles. The number of rotatable bonds is 7. The number of amides is 1. The lowest BCUT2D eigenvalue weighted by Gasteiger charge is -2.10. The number of benzene rings is 2. The molecule has 1 heterocycles. The fraction of sp³-hybridized carbons (Fsp3) is 0.0870. The minimum absolute atomic E-state index is 0.0640. The highest BCUT2D eigenvalue weighted by molar-refractivity contribution is 6.06. The van der Waals surface area contributed by atoms with Gasteiger partial charge in [-0.25, -0.2) is 4.79 Å². The third-order valence-corrected chi connectivity index (χ3v) is 4.25. The van der Waals surface area contributed by atoms with Gasteiger partial charge in [0.05, 0.1) is 11.3 Å². The highest BCUT2D eigenvalue weighted by Crippen LogP contribution is 2.20. The number of hydrogen-bond donors (Lipinski definition) is 2. The summed E-state index contributed by atoms with van der Waals surface area (Å²) in [6.07, 6.45) is 7.88. The smallest absolute Gasteiger partial charge is 0.337 e. The standard InChI is InChI=1S/C23H20N2O3/c26-22(11-9-18-12-14-24-15-13-18)25-21-16-19(8-10-20(21)23(27)28)7-6-17-4-2-1-3-5-17/h1-5,8-16H,6-7H2,(H,25,26)(H,27,28). The molecule has 5 nitrogen and oxygen atoms in total. The zero-order chi connectivity index (χ0) is 19.8. The summed E-state index contributed by atoms with van der Waals surface area (Å²) in [7, 11) is 0. The maximum absolute atomic E-state index is 12.2. The number of carbonyl (C=O) groups is 2. The Balaban J connectivity index is 1.73. The molecule has 5 heteroatoms. The fourth-order valence-corrected chi connectivity index (χ4v) is 2.79. The van der Waals surface area contributed by atoms with Gasteiger partial charge in [0.25, 0.3) is 0 Å². The number of anilines is 1. The van der Waals surface area contributed by atoms with E-state index in [0.29, 0.717) is 5.69 Å². The summed E-state index contributed by atoms with van der Waals surface area (Å²) in [6.45, 7) is 0. The van der Waals surface area contributed by atoms with Crippen LogP contribution in [-0.2, 0) is 17.6 Å². The van der Waals surface area contributed by atoms with Gasteiger partial charge >= 0.3 is 5.97 Å². The van der Waals surface area contributed by atoms with Crippen LogP contribution in [0.15, 0.2) is 79.1 Å². The Morgan fingerprint density at radius 1 is 0.929 bits per heavy atom. The highest BCUT2D eigenvalue weighted by Gasteiger charge is 2.12. The van der Waals surface area contributed by atoms with Crippen molar-refractivity contribution in [1.82, 2.24) is 4.98 Å². The molecule has 2 N–H and O–H groups in total. The number of nitrogens with one attached hydrogen (secondary N) is 1. The van der Waals surface area contributed by atoms with Gasteiger partial charge in [-0.1, -0.05) is 36.4 Å². The van der Waals surface area contributed by atoms with Crippen molar-refractivity contribution in [3.63, 3.8) is 0 Å². The van der Waals surface area contributed by atoms with Gasteiger partial charge in [-0.15, -0.1) is 0 Å². The van der Waals surface area contributed by atoms with Crippen LogP contribution in [0.5, 0.6) is 0 Å². The van der Waals surface area contributed by atoms with Crippen molar-refractivity contribution < 1.29 is 14.7 Å². The topological polar surface area (TPSA) is 79.3 Å². The lowest BCUT2D eigenvalue weighted by atomic mass is 10.0. The Morgan fingerprint density at radius 3 is 2.36 bits per heavy atom. The van der Waals surface area contributed by atoms with E-state index in [2.05, 4.69) is 22.4 Å². The molecule has 0 aliphatic heterocycles. The number of hydrogen-bond acceptors (Lipinski definition) is 3. The summed E-state index contributed by atoms with van der Waals surface area (Å²) < 4.78 is 0. The molecule has 0 bridgehead atoms. The zero-order valence-corrected chi connectivity index (χ0v) is 15.2. The number of carboxylic acid groups (broad SMARTS) is 1. The number of nitrogens with zero attached hydrogens (tertiary/aromatic N) is 1. The Hall–Kier alpha value is -3.73. The van der Waals surface area contributed by atoms with Gasteiger partial charge in [-0.3, -0.25) is 9.78 Å². The van der Waals surface area contributed by atoms with E-state index in [1.807, 2.05) is 18.2 Å². The van der Waals surface area contributed by atoms with Crippen molar-refractivity contribution in [1.29, 1.82) is 0 Å². The number of aromatic carboxylic acids is 1. The minimum atomic E-state index is -1.08. The first-order chi connectivity index (χ1) is 13.6. The number of aryl methyl sites for hydroxylation is 2. The summed E-state index contributed by atoms with van der Waals surface area (Å²) >= 11 is 0. The van der Waals surface area contributed by atoms with Crippen LogP contribution in [0.3, 0.4) is 0 Å². The van der Waals surface area contributed by atoms with Crippen molar-refractivity contribution in [2.24, 2.45) is 0 Å². The van der Waals surface area contributed by atoms with E-state index in [1.165, 1.54) is 17.7 Å². The van der Waals surface area contributed by atoms with Crippen LogP contribution in [0.1, 0.15) is 27.0 Å². The van der Waals surface area contributed by atoms with Crippen molar-refractivity contribution in [2.75, 3.05) is 5.32 Å². The molecule has 2 aromatic carbocycles. The molecule has 0 aliphatic rings. The van der Waals surface area contributed by atoms with E-state index in [4.69, 9.17) is 0 Å². The van der Waals surface area contributed by atoms with Gasteiger partial charge in [-0.2, -0.15) is 0 Å². The van der Waals surface area contributed by atoms with Gasteiger partial charge in [0.15, 0.2) is 0 Å². The van der Waals surface area contributed by atoms with E-state index in [1.54, 1.807) is 42.7 Å². The van der Waals surface area contributed by atoms with Crippen LogP contribution in [0.4, 0.5) is 5.69 Å². The quantitative estimate of drug-likeness (QED) is 0.609. The Morgan fingerprint density at radius 2 is 1.64 bits per heavy atom. The van der Waals surface area contributed by atoms with E-state index in [9.17, 15) is 14.7 Å². The third kappa shape index (κ3) is 5.38. The lowest BCUT2D eigenvalue weighted by molar-refractivity contribution is -0.111. The molecule has 0 atom stereocenters. The molecule has 0 saturated heterocycles. The highest BCUT2D eigenvalue weighted by atomic mass is 16.4. The van der Waals surface area contributed by atoms with Gasteiger partial charge in [0.1, 0.15) is 0 Å². The second-order valence-corrected chi connectivity index (χ2v) is 6.27. The molecule has 0 saturated carbocycles. The van der Waals surface area contributed by atoms with E-state index >= 15 is 0 Å².